The topological polar surface area (TPSA) is 41.6 Å². The van der Waals surface area contributed by atoms with E-state index in [1.165, 1.54) is 0 Å². The first kappa shape index (κ1) is 14.0. The average Bonchev–Trinajstić information content (AvgIpc) is 2.39. The maximum absolute atomic E-state index is 12.1. The van der Waals surface area contributed by atoms with E-state index in [1.54, 1.807) is 25.3 Å². The van der Waals surface area contributed by atoms with Gasteiger partial charge in [0.25, 0.3) is 0 Å². The second-order valence-corrected chi connectivity index (χ2v) is 5.36. The zero-order valence-electron chi connectivity index (χ0n) is 11.3. The number of rotatable bonds is 2. The van der Waals surface area contributed by atoms with Crippen LogP contribution in [0.15, 0.2) is 18.2 Å². The number of halogens is 1. The number of likely N-dealkylation sites (tertiary alicyclic amines) is 1. The highest BCUT2D eigenvalue weighted by Crippen LogP contribution is 2.27. The fourth-order valence-electron chi connectivity index (χ4n) is 2.16. The van der Waals surface area contributed by atoms with Crippen molar-refractivity contribution in [1.82, 2.24) is 4.90 Å². The first-order valence-corrected chi connectivity index (χ1v) is 6.87. The molecule has 1 aromatic carbocycles. The smallest absolute Gasteiger partial charge is 0.321 e. The number of methoxy groups -OCH3 is 1. The first-order valence-electron chi connectivity index (χ1n) is 6.49. The molecule has 1 aromatic rings. The molecule has 1 fully saturated rings. The summed E-state index contributed by atoms with van der Waals surface area (Å²) in [4.78, 5) is 13.9. The molecule has 1 heterocycles. The van der Waals surface area contributed by atoms with Gasteiger partial charge in [-0.15, -0.1) is 0 Å². The first-order chi connectivity index (χ1) is 9.10. The minimum Gasteiger partial charge on any atom is -0.495 e. The van der Waals surface area contributed by atoms with Gasteiger partial charge in [0.1, 0.15) is 5.75 Å². The molecule has 0 aromatic heterocycles. The SMILES string of the molecule is COc1ccc(NC(=O)N2CCC(C)CC2)cc1Cl. The molecule has 1 aliphatic heterocycles. The maximum atomic E-state index is 12.1. The number of nitrogens with zero attached hydrogens (tertiary/aromatic N) is 1. The monoisotopic (exact) mass is 282 g/mol. The van der Waals surface area contributed by atoms with Crippen molar-refractivity contribution < 1.29 is 9.53 Å². The molecular formula is C14H19ClN2O2. The van der Waals surface area contributed by atoms with Gasteiger partial charge in [0.2, 0.25) is 0 Å². The Morgan fingerprint density at radius 1 is 1.42 bits per heavy atom. The van der Waals surface area contributed by atoms with Crippen LogP contribution < -0.4 is 10.1 Å². The number of hydrogen-bond acceptors (Lipinski definition) is 2. The van der Waals surface area contributed by atoms with Crippen LogP contribution in [0.5, 0.6) is 5.75 Å². The number of ether oxygens (including phenoxy) is 1. The molecule has 104 valence electrons. The summed E-state index contributed by atoms with van der Waals surface area (Å²) >= 11 is 6.03. The van der Waals surface area contributed by atoms with E-state index in [9.17, 15) is 4.79 Å². The van der Waals surface area contributed by atoms with Gasteiger partial charge in [-0.25, -0.2) is 4.79 Å². The Labute approximate surface area is 118 Å². The van der Waals surface area contributed by atoms with E-state index in [-0.39, 0.29) is 6.03 Å². The van der Waals surface area contributed by atoms with Gasteiger partial charge in [-0.2, -0.15) is 0 Å². The summed E-state index contributed by atoms with van der Waals surface area (Å²) in [5.41, 5.74) is 0.689. The third kappa shape index (κ3) is 3.53. The van der Waals surface area contributed by atoms with Gasteiger partial charge in [-0.05, 0) is 37.0 Å². The third-order valence-corrected chi connectivity index (χ3v) is 3.77. The Kier molecular flexibility index (Phi) is 4.53. The summed E-state index contributed by atoms with van der Waals surface area (Å²) in [6.07, 6.45) is 2.13. The summed E-state index contributed by atoms with van der Waals surface area (Å²) < 4.78 is 5.08. The molecule has 1 saturated heterocycles. The fraction of sp³-hybridized carbons (Fsp3) is 0.500. The molecule has 0 aliphatic carbocycles. The molecule has 0 spiro atoms. The van der Waals surface area contributed by atoms with E-state index in [0.717, 1.165) is 25.9 Å². The lowest BCUT2D eigenvalue weighted by Crippen LogP contribution is -2.40. The third-order valence-electron chi connectivity index (χ3n) is 3.47. The molecule has 2 amide bonds. The van der Waals surface area contributed by atoms with E-state index in [0.29, 0.717) is 22.4 Å². The van der Waals surface area contributed by atoms with Gasteiger partial charge in [-0.1, -0.05) is 18.5 Å². The van der Waals surface area contributed by atoms with E-state index in [2.05, 4.69) is 12.2 Å². The number of nitrogens with one attached hydrogen (secondary N) is 1. The zero-order chi connectivity index (χ0) is 13.8. The van der Waals surface area contributed by atoms with Crippen molar-refractivity contribution in [2.24, 2.45) is 5.92 Å². The minimum absolute atomic E-state index is 0.0619. The predicted octanol–water partition coefficient (Wildman–Crippen LogP) is 3.61. The van der Waals surface area contributed by atoms with Gasteiger partial charge >= 0.3 is 6.03 Å². The molecule has 4 nitrogen and oxygen atoms in total. The van der Waals surface area contributed by atoms with Crippen molar-refractivity contribution in [1.29, 1.82) is 0 Å². The summed E-state index contributed by atoms with van der Waals surface area (Å²) in [5.74, 6) is 1.31. The molecule has 0 saturated carbocycles. The summed E-state index contributed by atoms with van der Waals surface area (Å²) in [6, 6.07) is 5.17. The van der Waals surface area contributed by atoms with E-state index in [4.69, 9.17) is 16.3 Å². The highest BCUT2D eigenvalue weighted by molar-refractivity contribution is 6.32. The van der Waals surface area contributed by atoms with Crippen LogP contribution in [0.1, 0.15) is 19.8 Å². The van der Waals surface area contributed by atoms with Crippen LogP contribution in [-0.2, 0) is 0 Å². The lowest BCUT2D eigenvalue weighted by Gasteiger charge is -2.30. The predicted molar refractivity (Wildman–Crippen MR) is 77.0 cm³/mol. The van der Waals surface area contributed by atoms with Gasteiger partial charge in [-0.3, -0.25) is 0 Å². The molecular weight excluding hydrogens is 264 g/mol. The van der Waals surface area contributed by atoms with Crippen LogP contribution in [0.2, 0.25) is 5.02 Å². The second-order valence-electron chi connectivity index (χ2n) is 4.95. The Morgan fingerprint density at radius 3 is 2.68 bits per heavy atom. The van der Waals surface area contributed by atoms with Crippen LogP contribution in [0.3, 0.4) is 0 Å². The molecule has 5 heteroatoms. The highest BCUT2D eigenvalue weighted by atomic mass is 35.5. The number of carbonyl (C=O) groups is 1. The second kappa shape index (κ2) is 6.15. The van der Waals surface area contributed by atoms with Gasteiger partial charge in [0.15, 0.2) is 0 Å². The number of piperidine rings is 1. The van der Waals surface area contributed by atoms with Crippen molar-refractivity contribution in [3.8, 4) is 5.75 Å². The number of amides is 2. The zero-order valence-corrected chi connectivity index (χ0v) is 12.0. The van der Waals surface area contributed by atoms with Crippen LogP contribution in [0.4, 0.5) is 10.5 Å². The Hall–Kier alpha value is -1.42. The largest absolute Gasteiger partial charge is 0.495 e. The lowest BCUT2D eigenvalue weighted by molar-refractivity contribution is 0.186. The van der Waals surface area contributed by atoms with E-state index < -0.39 is 0 Å². The normalized spacial score (nSPS) is 16.3. The van der Waals surface area contributed by atoms with Crippen molar-refractivity contribution in [3.05, 3.63) is 23.2 Å². The fourth-order valence-corrected chi connectivity index (χ4v) is 2.42. The molecule has 0 unspecified atom stereocenters. The molecule has 1 N–H and O–H groups in total. The molecule has 0 bridgehead atoms. The van der Waals surface area contributed by atoms with Crippen molar-refractivity contribution >= 4 is 23.3 Å². The van der Waals surface area contributed by atoms with Crippen molar-refractivity contribution in [2.45, 2.75) is 19.8 Å². The Balaban J connectivity index is 1.97. The Morgan fingerprint density at radius 2 is 2.11 bits per heavy atom. The molecule has 0 radical (unpaired) electrons. The van der Waals surface area contributed by atoms with Gasteiger partial charge in [0, 0.05) is 18.8 Å². The quantitative estimate of drug-likeness (QED) is 0.900. The van der Waals surface area contributed by atoms with Crippen LogP contribution in [0, 0.1) is 5.92 Å². The molecule has 19 heavy (non-hydrogen) atoms. The standard InChI is InChI=1S/C14H19ClN2O2/c1-10-5-7-17(8-6-10)14(18)16-11-3-4-13(19-2)12(15)9-11/h3-4,9-10H,5-8H2,1-2H3,(H,16,18). The molecule has 1 aliphatic rings. The minimum atomic E-state index is -0.0619. The summed E-state index contributed by atoms with van der Waals surface area (Å²) in [5, 5.41) is 3.36. The van der Waals surface area contributed by atoms with Crippen LogP contribution >= 0.6 is 11.6 Å². The van der Waals surface area contributed by atoms with Crippen molar-refractivity contribution in [2.75, 3.05) is 25.5 Å². The van der Waals surface area contributed by atoms with Gasteiger partial charge in [0.05, 0.1) is 12.1 Å². The number of benzene rings is 1. The van der Waals surface area contributed by atoms with Crippen LogP contribution in [-0.4, -0.2) is 31.1 Å². The number of anilines is 1. The number of hydrogen-bond donors (Lipinski definition) is 1. The van der Waals surface area contributed by atoms with Crippen molar-refractivity contribution in [3.63, 3.8) is 0 Å². The molecule has 2 rings (SSSR count). The molecule has 0 atom stereocenters. The Bertz CT molecular complexity index is 457. The van der Waals surface area contributed by atoms with E-state index >= 15 is 0 Å². The van der Waals surface area contributed by atoms with E-state index in [1.807, 2.05) is 4.90 Å². The van der Waals surface area contributed by atoms with Crippen LogP contribution in [0.25, 0.3) is 0 Å². The van der Waals surface area contributed by atoms with Gasteiger partial charge < -0.3 is 15.0 Å². The maximum Gasteiger partial charge on any atom is 0.321 e. The summed E-state index contributed by atoms with van der Waals surface area (Å²) in [7, 11) is 1.56. The average molecular weight is 283 g/mol. The summed E-state index contributed by atoms with van der Waals surface area (Å²) in [6.45, 7) is 3.85. The number of urea groups is 1. The number of carbonyl (C=O) groups excluding carboxylic acids is 1. The highest BCUT2D eigenvalue weighted by Gasteiger charge is 2.20. The lowest BCUT2D eigenvalue weighted by atomic mass is 10.00.